The van der Waals surface area contributed by atoms with E-state index in [1.165, 1.54) is 12.4 Å². The van der Waals surface area contributed by atoms with Crippen molar-refractivity contribution >= 4 is 12.2 Å². The minimum atomic E-state index is -0.712. The summed E-state index contributed by atoms with van der Waals surface area (Å²) in [4.78, 5) is 13.7. The second-order valence-electron chi connectivity index (χ2n) is 5.16. The first-order valence-corrected chi connectivity index (χ1v) is 7.59. The summed E-state index contributed by atoms with van der Waals surface area (Å²) in [5.74, 6) is -0.346. The summed E-state index contributed by atoms with van der Waals surface area (Å²) in [6.45, 7) is 1.86. The van der Waals surface area contributed by atoms with Crippen molar-refractivity contribution in [2.24, 2.45) is 5.10 Å². The van der Waals surface area contributed by atoms with Crippen LogP contribution in [0.4, 0.5) is 14.6 Å². The van der Waals surface area contributed by atoms with Gasteiger partial charge in [-0.1, -0.05) is 17.7 Å². The fourth-order valence-electron chi connectivity index (χ4n) is 2.02. The molecule has 0 unspecified atom stereocenters. The number of benzene rings is 1. The fraction of sp³-hybridized carbons (Fsp3) is 0.0556. The Morgan fingerprint density at radius 3 is 2.37 bits per heavy atom. The maximum absolute atomic E-state index is 13.2. The van der Waals surface area contributed by atoms with E-state index in [-0.39, 0.29) is 31.5 Å². The number of anilines is 1. The molecule has 6 nitrogen and oxygen atoms in total. The Bertz CT molecular complexity index is 880. The molecule has 0 spiro atoms. The van der Waals surface area contributed by atoms with Gasteiger partial charge in [-0.2, -0.15) is 5.10 Å². The van der Waals surface area contributed by atoms with Gasteiger partial charge in [-0.05, 0) is 25.2 Å². The normalized spacial score (nSPS) is 12.3. The molecule has 2 aromatic heterocycles. The van der Waals surface area contributed by atoms with Gasteiger partial charge in [0.05, 0.1) is 12.2 Å². The average molecular weight is 545 g/mol. The van der Waals surface area contributed by atoms with Crippen LogP contribution in [0.5, 0.6) is 0 Å². The van der Waals surface area contributed by atoms with Crippen LogP contribution >= 0.6 is 0 Å². The Balaban J connectivity index is 0.000000189. The molecule has 1 aliphatic rings. The van der Waals surface area contributed by atoms with Gasteiger partial charge in [0.15, 0.2) is 0 Å². The van der Waals surface area contributed by atoms with Gasteiger partial charge in [0, 0.05) is 50.3 Å². The molecule has 0 bridgehead atoms. The predicted octanol–water partition coefficient (Wildman–Crippen LogP) is 3.12. The van der Waals surface area contributed by atoms with E-state index in [0.29, 0.717) is 0 Å². The van der Waals surface area contributed by atoms with Crippen LogP contribution in [0.15, 0.2) is 60.1 Å². The van der Waals surface area contributed by atoms with Crippen LogP contribution in [0.1, 0.15) is 0 Å². The molecule has 4 rings (SSSR count). The maximum Gasteiger partial charge on any atom is 0.120 e. The van der Waals surface area contributed by atoms with Crippen LogP contribution in [0.25, 0.3) is 11.4 Å². The minimum absolute atomic E-state index is 0. The summed E-state index contributed by atoms with van der Waals surface area (Å²) in [7, 11) is 1.92. The van der Waals surface area contributed by atoms with Gasteiger partial charge in [0.25, 0.3) is 0 Å². The number of pyridine rings is 1. The van der Waals surface area contributed by atoms with Gasteiger partial charge < -0.3 is 9.91 Å². The van der Waals surface area contributed by atoms with Crippen LogP contribution in [0.2, 0.25) is 0 Å². The Hall–Kier alpha value is -2.77. The molecule has 0 fully saturated rings. The van der Waals surface area contributed by atoms with Crippen molar-refractivity contribution in [3.8, 4) is 11.4 Å². The Morgan fingerprint density at radius 1 is 1.04 bits per heavy atom. The third-order valence-electron chi connectivity index (χ3n) is 3.18. The van der Waals surface area contributed by atoms with Gasteiger partial charge in [0.1, 0.15) is 5.82 Å². The van der Waals surface area contributed by atoms with Crippen molar-refractivity contribution in [1.29, 1.82) is 0 Å². The van der Waals surface area contributed by atoms with Gasteiger partial charge in [-0.3, -0.25) is 18.7 Å². The SMILES string of the molecule is CN1C=NN(c2ccccn2)[CH-]1.Fc1c[c-]c(-c2ncccn2)c(F)c1.[Ir]. The summed E-state index contributed by atoms with van der Waals surface area (Å²) in [6.07, 6.45) is 6.45. The minimum Gasteiger partial charge on any atom is -0.493 e. The first kappa shape index (κ1) is 20.5. The monoisotopic (exact) mass is 545 g/mol. The Labute approximate surface area is 168 Å². The van der Waals surface area contributed by atoms with Crippen LogP contribution in [-0.2, 0) is 20.1 Å². The van der Waals surface area contributed by atoms with E-state index in [9.17, 15) is 8.78 Å². The van der Waals surface area contributed by atoms with Crippen molar-refractivity contribution in [3.63, 3.8) is 0 Å². The number of rotatable bonds is 2. The smallest absolute Gasteiger partial charge is 0.120 e. The van der Waals surface area contributed by atoms with E-state index in [1.807, 2.05) is 36.8 Å². The van der Waals surface area contributed by atoms with E-state index in [2.05, 4.69) is 26.1 Å². The number of hydrogen-bond acceptors (Lipinski definition) is 6. The third-order valence-corrected chi connectivity index (χ3v) is 3.18. The molecule has 0 saturated heterocycles. The zero-order valence-electron chi connectivity index (χ0n) is 14.1. The first-order chi connectivity index (χ1) is 12.6. The number of aromatic nitrogens is 3. The van der Waals surface area contributed by atoms with E-state index in [0.717, 1.165) is 18.0 Å². The second-order valence-corrected chi connectivity index (χ2v) is 5.16. The van der Waals surface area contributed by atoms with E-state index in [4.69, 9.17) is 0 Å². The van der Waals surface area contributed by atoms with E-state index in [1.54, 1.807) is 23.6 Å². The number of halogens is 2. The molecule has 9 heteroatoms. The number of hydrogen-bond donors (Lipinski definition) is 0. The molecule has 0 saturated carbocycles. The van der Waals surface area contributed by atoms with Gasteiger partial charge in [0.2, 0.25) is 0 Å². The van der Waals surface area contributed by atoms with Crippen molar-refractivity contribution in [2.45, 2.75) is 0 Å². The summed E-state index contributed by atoms with van der Waals surface area (Å²) in [6, 6.07) is 11.6. The summed E-state index contributed by atoms with van der Waals surface area (Å²) < 4.78 is 25.7. The predicted molar refractivity (Wildman–Crippen MR) is 93.5 cm³/mol. The summed E-state index contributed by atoms with van der Waals surface area (Å²) in [5.41, 5.74) is 0.0759. The van der Waals surface area contributed by atoms with Crippen molar-refractivity contribution < 1.29 is 28.9 Å². The first-order valence-electron chi connectivity index (χ1n) is 7.59. The van der Waals surface area contributed by atoms with Crippen LogP contribution in [0.3, 0.4) is 0 Å². The van der Waals surface area contributed by atoms with Gasteiger partial charge in [-0.25, -0.2) is 4.98 Å². The Morgan fingerprint density at radius 2 is 1.78 bits per heavy atom. The molecule has 1 aliphatic heterocycles. The molecule has 27 heavy (non-hydrogen) atoms. The standard InChI is InChI=1S/C10H5F2N2.C8H9N4.Ir/c11-7-2-3-8(9(12)6-7)10-13-4-1-5-14-10;1-11-6-10-12(7-11)8-4-2-3-5-9-8;/h1-2,4-6H;2-7H,1H3;/q2*-1;. The van der Waals surface area contributed by atoms with Gasteiger partial charge in [-0.15, -0.1) is 18.8 Å². The molecule has 0 atom stereocenters. The third kappa shape index (κ3) is 5.60. The topological polar surface area (TPSA) is 57.5 Å². The summed E-state index contributed by atoms with van der Waals surface area (Å²) in [5, 5.41) is 5.83. The van der Waals surface area contributed by atoms with E-state index >= 15 is 0 Å². The maximum atomic E-state index is 13.2. The molecule has 1 radical (unpaired) electrons. The zero-order valence-corrected chi connectivity index (χ0v) is 16.5. The van der Waals surface area contributed by atoms with Crippen LogP contribution in [0, 0.1) is 24.4 Å². The van der Waals surface area contributed by atoms with Crippen LogP contribution < -0.4 is 5.01 Å². The van der Waals surface area contributed by atoms with Gasteiger partial charge >= 0.3 is 0 Å². The molecule has 0 aliphatic carbocycles. The molecule has 141 valence electrons. The fourth-order valence-corrected chi connectivity index (χ4v) is 2.02. The molecular formula is C18H14F2IrN6-2. The van der Waals surface area contributed by atoms with Crippen molar-refractivity contribution in [2.75, 3.05) is 12.1 Å². The number of hydrazone groups is 1. The second kappa shape index (κ2) is 9.80. The summed E-state index contributed by atoms with van der Waals surface area (Å²) >= 11 is 0. The molecule has 3 aromatic rings. The van der Waals surface area contributed by atoms with Crippen molar-refractivity contribution in [1.82, 2.24) is 19.9 Å². The largest absolute Gasteiger partial charge is 0.493 e. The molecule has 0 amide bonds. The van der Waals surface area contributed by atoms with Crippen LogP contribution in [-0.4, -0.2) is 33.2 Å². The average Bonchev–Trinajstić information content (AvgIpc) is 3.10. The number of nitrogens with zero attached hydrogens (tertiary/aromatic N) is 6. The molecular weight excluding hydrogens is 530 g/mol. The molecule has 1 aromatic carbocycles. The van der Waals surface area contributed by atoms with E-state index < -0.39 is 11.6 Å². The Kier molecular flexibility index (Phi) is 7.45. The molecule has 3 heterocycles. The molecule has 0 N–H and O–H groups in total. The zero-order chi connectivity index (χ0) is 18.4. The quantitative estimate of drug-likeness (QED) is 0.465. The van der Waals surface area contributed by atoms with Crippen molar-refractivity contribution in [3.05, 3.63) is 79.4 Å².